The lowest BCUT2D eigenvalue weighted by molar-refractivity contribution is 0.623. The largest absolute Gasteiger partial charge is 0.370 e. The molecular weight excluding hydrogens is 254 g/mol. The molecule has 2 aromatic rings. The van der Waals surface area contributed by atoms with E-state index < -0.39 is 0 Å². The molecule has 3 nitrogen and oxygen atoms in total. The quantitative estimate of drug-likeness (QED) is 0.922. The zero-order valence-corrected chi connectivity index (χ0v) is 12.7. The van der Waals surface area contributed by atoms with Crippen molar-refractivity contribution >= 4 is 27.4 Å². The second-order valence-electron chi connectivity index (χ2n) is 5.65. The van der Waals surface area contributed by atoms with Crippen molar-refractivity contribution in [2.24, 2.45) is 5.92 Å². The first kappa shape index (κ1) is 12.9. The highest BCUT2D eigenvalue weighted by atomic mass is 32.1. The van der Waals surface area contributed by atoms with Gasteiger partial charge in [-0.3, -0.25) is 0 Å². The van der Waals surface area contributed by atoms with Crippen LogP contribution in [0.3, 0.4) is 0 Å². The zero-order valence-electron chi connectivity index (χ0n) is 11.9. The maximum atomic E-state index is 4.79. The fraction of sp³-hybridized carbons (Fsp3) is 0.600. The summed E-state index contributed by atoms with van der Waals surface area (Å²) in [5, 5.41) is 4.73. The van der Waals surface area contributed by atoms with Crippen LogP contribution in [0.25, 0.3) is 10.2 Å². The number of nitrogens with zero attached hydrogens (tertiary/aromatic N) is 2. The molecule has 102 valence electrons. The first-order valence-corrected chi connectivity index (χ1v) is 8.05. The van der Waals surface area contributed by atoms with Crippen molar-refractivity contribution in [2.75, 3.05) is 11.9 Å². The van der Waals surface area contributed by atoms with Gasteiger partial charge >= 0.3 is 0 Å². The van der Waals surface area contributed by atoms with Gasteiger partial charge in [-0.2, -0.15) is 0 Å². The highest BCUT2D eigenvalue weighted by Gasteiger charge is 2.22. The third-order valence-corrected chi connectivity index (χ3v) is 4.73. The van der Waals surface area contributed by atoms with Crippen molar-refractivity contribution in [2.45, 2.75) is 46.5 Å². The Balaban J connectivity index is 2.14. The Morgan fingerprint density at radius 1 is 1.26 bits per heavy atom. The van der Waals surface area contributed by atoms with Crippen LogP contribution in [-0.2, 0) is 19.3 Å². The fourth-order valence-corrected chi connectivity index (χ4v) is 4.07. The average Bonchev–Trinajstić information content (AvgIpc) is 2.87. The Morgan fingerprint density at radius 3 is 2.84 bits per heavy atom. The maximum Gasteiger partial charge on any atom is 0.138 e. The first-order valence-electron chi connectivity index (χ1n) is 7.24. The van der Waals surface area contributed by atoms with Gasteiger partial charge in [0.15, 0.2) is 0 Å². The summed E-state index contributed by atoms with van der Waals surface area (Å²) in [5.74, 6) is 2.64. The van der Waals surface area contributed by atoms with Crippen LogP contribution in [0, 0.1) is 5.92 Å². The van der Waals surface area contributed by atoms with E-state index in [1.165, 1.54) is 39.9 Å². The number of aryl methyl sites for hydroxylation is 2. The lowest BCUT2D eigenvalue weighted by atomic mass is 10.1. The van der Waals surface area contributed by atoms with Crippen LogP contribution in [0.2, 0.25) is 0 Å². The number of fused-ring (bicyclic) bond motifs is 3. The SMILES string of the molecule is CCNc1nc(CC(C)C)nc2sc3c(c12)CCC3. The summed E-state index contributed by atoms with van der Waals surface area (Å²) in [6.07, 6.45) is 4.66. The van der Waals surface area contributed by atoms with Gasteiger partial charge < -0.3 is 5.32 Å². The Morgan fingerprint density at radius 2 is 2.11 bits per heavy atom. The molecule has 0 atom stereocenters. The summed E-state index contributed by atoms with van der Waals surface area (Å²) in [6.45, 7) is 7.48. The standard InChI is InChI=1S/C15H21N3S/c1-4-16-14-13-10-6-5-7-11(10)19-15(13)18-12(17-14)8-9(2)3/h9H,4-8H2,1-3H3,(H,16,17,18). The van der Waals surface area contributed by atoms with Crippen molar-refractivity contribution in [1.29, 1.82) is 0 Å². The molecule has 0 saturated heterocycles. The van der Waals surface area contributed by atoms with Crippen LogP contribution in [0.5, 0.6) is 0 Å². The van der Waals surface area contributed by atoms with Gasteiger partial charge in [0.2, 0.25) is 0 Å². The predicted octanol–water partition coefficient (Wildman–Crippen LogP) is 3.81. The minimum atomic E-state index is 0.596. The van der Waals surface area contributed by atoms with Crippen LogP contribution >= 0.6 is 11.3 Å². The molecule has 1 N–H and O–H groups in total. The molecule has 2 heterocycles. The molecule has 2 aromatic heterocycles. The summed E-state index contributed by atoms with van der Waals surface area (Å²) in [6, 6.07) is 0. The number of hydrogen-bond acceptors (Lipinski definition) is 4. The smallest absolute Gasteiger partial charge is 0.138 e. The molecule has 0 bridgehead atoms. The number of anilines is 1. The first-order chi connectivity index (χ1) is 9.19. The minimum absolute atomic E-state index is 0.596. The second-order valence-corrected chi connectivity index (χ2v) is 6.74. The van der Waals surface area contributed by atoms with E-state index in [0.717, 1.165) is 24.6 Å². The van der Waals surface area contributed by atoms with E-state index in [4.69, 9.17) is 9.97 Å². The predicted molar refractivity (Wildman–Crippen MR) is 82.1 cm³/mol. The molecule has 3 rings (SSSR count). The molecule has 19 heavy (non-hydrogen) atoms. The van der Waals surface area contributed by atoms with Crippen LogP contribution in [-0.4, -0.2) is 16.5 Å². The molecule has 0 spiro atoms. The number of thiophene rings is 1. The van der Waals surface area contributed by atoms with Gasteiger partial charge in [0.05, 0.1) is 5.39 Å². The lowest BCUT2D eigenvalue weighted by Gasteiger charge is -2.09. The van der Waals surface area contributed by atoms with Gasteiger partial charge in [-0.1, -0.05) is 13.8 Å². The van der Waals surface area contributed by atoms with E-state index in [9.17, 15) is 0 Å². The van der Waals surface area contributed by atoms with E-state index in [-0.39, 0.29) is 0 Å². The van der Waals surface area contributed by atoms with E-state index in [0.29, 0.717) is 5.92 Å². The summed E-state index contributed by atoms with van der Waals surface area (Å²) in [7, 11) is 0. The van der Waals surface area contributed by atoms with Crippen LogP contribution in [0.15, 0.2) is 0 Å². The highest BCUT2D eigenvalue weighted by Crippen LogP contribution is 2.39. The monoisotopic (exact) mass is 275 g/mol. The third-order valence-electron chi connectivity index (χ3n) is 3.55. The van der Waals surface area contributed by atoms with Crippen molar-refractivity contribution in [3.8, 4) is 0 Å². The molecule has 0 saturated carbocycles. The summed E-state index contributed by atoms with van der Waals surface area (Å²) < 4.78 is 0. The molecular formula is C15H21N3S. The van der Waals surface area contributed by atoms with Crippen molar-refractivity contribution < 1.29 is 0 Å². The van der Waals surface area contributed by atoms with Gasteiger partial charge in [-0.25, -0.2) is 9.97 Å². The highest BCUT2D eigenvalue weighted by molar-refractivity contribution is 7.19. The van der Waals surface area contributed by atoms with Gasteiger partial charge in [0.1, 0.15) is 16.5 Å². The lowest BCUT2D eigenvalue weighted by Crippen LogP contribution is -2.06. The molecule has 0 aliphatic heterocycles. The molecule has 0 amide bonds. The van der Waals surface area contributed by atoms with Gasteiger partial charge in [0.25, 0.3) is 0 Å². The normalized spacial score (nSPS) is 14.3. The number of nitrogens with one attached hydrogen (secondary N) is 1. The van der Waals surface area contributed by atoms with Gasteiger partial charge in [0, 0.05) is 17.8 Å². The van der Waals surface area contributed by atoms with Crippen molar-refractivity contribution in [3.05, 3.63) is 16.3 Å². The Hall–Kier alpha value is -1.16. The van der Waals surface area contributed by atoms with Gasteiger partial charge in [-0.15, -0.1) is 11.3 Å². The maximum absolute atomic E-state index is 4.79. The summed E-state index contributed by atoms with van der Waals surface area (Å²) in [4.78, 5) is 12.3. The topological polar surface area (TPSA) is 37.8 Å². The molecule has 0 aromatic carbocycles. The van der Waals surface area contributed by atoms with E-state index in [1.807, 2.05) is 11.3 Å². The summed E-state index contributed by atoms with van der Waals surface area (Å²) in [5.41, 5.74) is 1.51. The van der Waals surface area contributed by atoms with Crippen molar-refractivity contribution in [1.82, 2.24) is 9.97 Å². The molecule has 1 aliphatic rings. The van der Waals surface area contributed by atoms with Crippen LogP contribution < -0.4 is 5.32 Å². The average molecular weight is 275 g/mol. The van der Waals surface area contributed by atoms with E-state index >= 15 is 0 Å². The second kappa shape index (κ2) is 5.08. The van der Waals surface area contributed by atoms with Crippen molar-refractivity contribution in [3.63, 3.8) is 0 Å². The van der Waals surface area contributed by atoms with Crippen LogP contribution in [0.1, 0.15) is 43.5 Å². The van der Waals surface area contributed by atoms with Gasteiger partial charge in [-0.05, 0) is 37.7 Å². The molecule has 0 unspecified atom stereocenters. The molecule has 0 radical (unpaired) electrons. The Labute approximate surface area is 118 Å². The number of hydrogen-bond donors (Lipinski definition) is 1. The van der Waals surface area contributed by atoms with E-state index in [2.05, 4.69) is 26.1 Å². The minimum Gasteiger partial charge on any atom is -0.370 e. The van der Waals surface area contributed by atoms with E-state index in [1.54, 1.807) is 0 Å². The summed E-state index contributed by atoms with van der Waals surface area (Å²) >= 11 is 1.88. The Bertz CT molecular complexity index is 601. The zero-order chi connectivity index (χ0) is 13.4. The molecule has 1 aliphatic carbocycles. The van der Waals surface area contributed by atoms with Crippen LogP contribution in [0.4, 0.5) is 5.82 Å². The third kappa shape index (κ3) is 2.34. The Kier molecular flexibility index (Phi) is 3.44. The molecule has 0 fully saturated rings. The number of rotatable bonds is 4. The fourth-order valence-electron chi connectivity index (χ4n) is 2.79. The number of aromatic nitrogens is 2. The molecule has 4 heteroatoms.